The summed E-state index contributed by atoms with van der Waals surface area (Å²) < 4.78 is 32.9. The maximum atomic E-state index is 13.2. The number of carbonyl (C=O) groups excluding carboxylic acids is 1. The summed E-state index contributed by atoms with van der Waals surface area (Å²) >= 11 is 0. The molecular formula is C30H30N4O4S. The van der Waals surface area contributed by atoms with Gasteiger partial charge in [0.05, 0.1) is 29.5 Å². The van der Waals surface area contributed by atoms with Crippen LogP contribution >= 0.6 is 0 Å². The number of nitrogens with zero attached hydrogens (tertiary/aromatic N) is 2. The molecule has 200 valence electrons. The number of nitrogen functional groups attached to an aromatic ring is 1. The summed E-state index contributed by atoms with van der Waals surface area (Å²) in [6.07, 6.45) is 5.81. The van der Waals surface area contributed by atoms with Crippen molar-refractivity contribution < 1.29 is 17.9 Å². The molecule has 8 nitrogen and oxygen atoms in total. The molecule has 1 amide bonds. The van der Waals surface area contributed by atoms with E-state index in [1.165, 1.54) is 24.0 Å². The van der Waals surface area contributed by atoms with Gasteiger partial charge in [-0.15, -0.1) is 0 Å². The number of aromatic nitrogens is 1. The van der Waals surface area contributed by atoms with E-state index in [-0.39, 0.29) is 10.8 Å². The highest BCUT2D eigenvalue weighted by atomic mass is 32.2. The Bertz CT molecular complexity index is 1570. The van der Waals surface area contributed by atoms with Crippen LogP contribution in [0.15, 0.2) is 102 Å². The van der Waals surface area contributed by atoms with Gasteiger partial charge in [0, 0.05) is 38.1 Å². The monoisotopic (exact) mass is 542 g/mol. The minimum absolute atomic E-state index is 0.179. The molecule has 3 aromatic carbocycles. The average molecular weight is 543 g/mol. The molecule has 0 saturated carbocycles. The lowest BCUT2D eigenvalue weighted by Crippen LogP contribution is -2.35. The second kappa shape index (κ2) is 11.7. The molecule has 0 radical (unpaired) electrons. The predicted octanol–water partition coefficient (Wildman–Crippen LogP) is 4.46. The van der Waals surface area contributed by atoms with Crippen LogP contribution in [0.2, 0.25) is 0 Å². The van der Waals surface area contributed by atoms with Crippen molar-refractivity contribution in [1.29, 1.82) is 0 Å². The first kappa shape index (κ1) is 26.4. The summed E-state index contributed by atoms with van der Waals surface area (Å²) in [7, 11) is -3.78. The fourth-order valence-corrected chi connectivity index (χ4v) is 5.56. The second-order valence-electron chi connectivity index (χ2n) is 9.30. The predicted molar refractivity (Wildman–Crippen MR) is 154 cm³/mol. The zero-order chi connectivity index (χ0) is 27.2. The number of rotatable bonds is 8. The van der Waals surface area contributed by atoms with Gasteiger partial charge in [0.1, 0.15) is 0 Å². The van der Waals surface area contributed by atoms with Gasteiger partial charge in [-0.2, -0.15) is 0 Å². The summed E-state index contributed by atoms with van der Waals surface area (Å²) in [5.74, 6) is -0.367. The lowest BCUT2D eigenvalue weighted by atomic mass is 10.0. The Labute approximate surface area is 228 Å². The van der Waals surface area contributed by atoms with Crippen molar-refractivity contribution in [1.82, 2.24) is 8.87 Å². The Morgan fingerprint density at radius 2 is 1.59 bits per heavy atom. The minimum Gasteiger partial charge on any atom is -0.397 e. The van der Waals surface area contributed by atoms with E-state index in [0.29, 0.717) is 16.9 Å². The standard InChI is InChI=1S/C30H30N4O4S/c31-28-3-1-2-4-29(28)32-30(35)14-7-24-15-16-34(22-24)39(36,37)27-12-10-26(11-13-27)25-8-5-23(6-9-25)21-33-17-19-38-20-18-33/h1-16,22H,17-21,31H2,(H,32,35)/b14-7+. The molecule has 0 bridgehead atoms. The SMILES string of the molecule is Nc1ccccc1NC(=O)/C=C/c1ccn(S(=O)(=O)c2ccc(-c3ccc(CN4CCOCC4)cc3)cc2)c1. The van der Waals surface area contributed by atoms with E-state index in [4.69, 9.17) is 10.5 Å². The van der Waals surface area contributed by atoms with Crippen LogP contribution in [0, 0.1) is 0 Å². The summed E-state index contributed by atoms with van der Waals surface area (Å²) in [4.78, 5) is 14.8. The van der Waals surface area contributed by atoms with Gasteiger partial charge in [-0.25, -0.2) is 12.4 Å². The van der Waals surface area contributed by atoms with Gasteiger partial charge in [-0.3, -0.25) is 9.69 Å². The number of anilines is 2. The van der Waals surface area contributed by atoms with Gasteiger partial charge in [0.15, 0.2) is 0 Å². The van der Waals surface area contributed by atoms with Crippen molar-refractivity contribution in [2.75, 3.05) is 37.4 Å². The van der Waals surface area contributed by atoms with Gasteiger partial charge in [-0.1, -0.05) is 48.5 Å². The number of nitrogens with one attached hydrogen (secondary N) is 1. The molecule has 1 fully saturated rings. The highest BCUT2D eigenvalue weighted by Crippen LogP contribution is 2.24. The van der Waals surface area contributed by atoms with Crippen LogP contribution in [0.3, 0.4) is 0 Å². The van der Waals surface area contributed by atoms with E-state index in [1.807, 2.05) is 12.1 Å². The summed E-state index contributed by atoms with van der Waals surface area (Å²) in [5, 5.41) is 2.70. The molecule has 0 atom stereocenters. The Morgan fingerprint density at radius 3 is 2.28 bits per heavy atom. The highest BCUT2D eigenvalue weighted by molar-refractivity contribution is 7.90. The zero-order valence-corrected chi connectivity index (χ0v) is 22.2. The van der Waals surface area contributed by atoms with Crippen molar-refractivity contribution in [3.8, 4) is 11.1 Å². The largest absolute Gasteiger partial charge is 0.397 e. The molecule has 1 aromatic heterocycles. The zero-order valence-electron chi connectivity index (χ0n) is 21.4. The molecule has 39 heavy (non-hydrogen) atoms. The molecule has 1 aliphatic rings. The molecule has 5 rings (SSSR count). The maximum absolute atomic E-state index is 13.2. The average Bonchev–Trinajstić information content (AvgIpc) is 3.45. The molecule has 1 aliphatic heterocycles. The molecule has 2 heterocycles. The van der Waals surface area contributed by atoms with E-state index < -0.39 is 10.0 Å². The Morgan fingerprint density at radius 1 is 0.923 bits per heavy atom. The van der Waals surface area contributed by atoms with E-state index in [9.17, 15) is 13.2 Å². The third-order valence-corrected chi connectivity index (χ3v) is 8.21. The lowest BCUT2D eigenvalue weighted by molar-refractivity contribution is -0.111. The number of para-hydroxylation sites is 2. The van der Waals surface area contributed by atoms with E-state index in [1.54, 1.807) is 48.5 Å². The molecule has 3 N–H and O–H groups in total. The molecular weight excluding hydrogens is 512 g/mol. The number of hydrogen-bond acceptors (Lipinski definition) is 6. The topological polar surface area (TPSA) is 107 Å². The smallest absolute Gasteiger partial charge is 0.267 e. The van der Waals surface area contributed by atoms with Crippen molar-refractivity contribution in [2.24, 2.45) is 0 Å². The minimum atomic E-state index is -3.78. The number of benzene rings is 3. The van der Waals surface area contributed by atoms with Gasteiger partial charge >= 0.3 is 0 Å². The summed E-state index contributed by atoms with van der Waals surface area (Å²) in [6, 6.07) is 23.8. The van der Waals surface area contributed by atoms with Crippen molar-refractivity contribution in [3.05, 3.63) is 108 Å². The van der Waals surface area contributed by atoms with Gasteiger partial charge in [-0.05, 0) is 58.7 Å². The third-order valence-electron chi connectivity index (χ3n) is 6.56. The van der Waals surface area contributed by atoms with Crippen LogP contribution in [0.5, 0.6) is 0 Å². The molecule has 1 saturated heterocycles. The fourth-order valence-electron chi connectivity index (χ4n) is 4.36. The summed E-state index contributed by atoms with van der Waals surface area (Å²) in [5.41, 5.74) is 10.6. The van der Waals surface area contributed by atoms with Crippen molar-refractivity contribution in [3.63, 3.8) is 0 Å². The molecule has 0 spiro atoms. The highest BCUT2D eigenvalue weighted by Gasteiger charge is 2.17. The Hall–Kier alpha value is -4.18. The molecule has 4 aromatic rings. The maximum Gasteiger partial charge on any atom is 0.267 e. The van der Waals surface area contributed by atoms with Gasteiger partial charge < -0.3 is 15.8 Å². The molecule has 0 unspecified atom stereocenters. The van der Waals surface area contributed by atoms with E-state index in [2.05, 4.69) is 34.5 Å². The number of nitrogens with two attached hydrogens (primary N) is 1. The van der Waals surface area contributed by atoms with Gasteiger partial charge in [0.2, 0.25) is 5.91 Å². The number of amides is 1. The first-order chi connectivity index (χ1) is 18.9. The Balaban J connectivity index is 1.23. The van der Waals surface area contributed by atoms with Crippen LogP contribution in [0.4, 0.5) is 11.4 Å². The fraction of sp³-hybridized carbons (Fsp3) is 0.167. The molecule has 0 aliphatic carbocycles. The van der Waals surface area contributed by atoms with Crippen molar-refractivity contribution in [2.45, 2.75) is 11.4 Å². The van der Waals surface area contributed by atoms with Crippen LogP contribution in [0.25, 0.3) is 17.2 Å². The first-order valence-corrected chi connectivity index (χ1v) is 14.1. The lowest BCUT2D eigenvalue weighted by Gasteiger charge is -2.26. The molecule has 9 heteroatoms. The summed E-state index contributed by atoms with van der Waals surface area (Å²) in [6.45, 7) is 4.32. The third kappa shape index (κ3) is 6.46. The van der Waals surface area contributed by atoms with E-state index in [0.717, 1.165) is 47.9 Å². The van der Waals surface area contributed by atoms with Crippen molar-refractivity contribution >= 4 is 33.4 Å². The number of ether oxygens (including phenoxy) is 1. The second-order valence-corrected chi connectivity index (χ2v) is 11.1. The van der Waals surface area contributed by atoms with Crippen LogP contribution in [-0.4, -0.2) is 49.5 Å². The van der Waals surface area contributed by atoms with Crippen LogP contribution in [-0.2, 0) is 26.1 Å². The quantitative estimate of drug-likeness (QED) is 0.252. The number of carbonyl (C=O) groups is 1. The number of hydrogen-bond donors (Lipinski definition) is 2. The Kier molecular flexibility index (Phi) is 7.92. The van der Waals surface area contributed by atoms with Crippen LogP contribution in [0.1, 0.15) is 11.1 Å². The van der Waals surface area contributed by atoms with Crippen LogP contribution < -0.4 is 11.1 Å². The number of morpholine rings is 1. The van der Waals surface area contributed by atoms with Gasteiger partial charge in [0.25, 0.3) is 10.0 Å². The first-order valence-electron chi connectivity index (χ1n) is 12.7. The van der Waals surface area contributed by atoms with E-state index >= 15 is 0 Å². The normalized spacial score (nSPS) is 14.5.